The Balaban J connectivity index is 1.88. The van der Waals surface area contributed by atoms with Crippen molar-refractivity contribution in [3.8, 4) is 0 Å². The molecule has 1 fully saturated rings. The number of nitrogens with one attached hydrogen (secondary N) is 1. The van der Waals surface area contributed by atoms with Crippen LogP contribution in [0.25, 0.3) is 0 Å². The van der Waals surface area contributed by atoms with Crippen LogP contribution < -0.4 is 5.32 Å². The molecule has 0 aromatic heterocycles. The van der Waals surface area contributed by atoms with Gasteiger partial charge in [0.25, 0.3) is 0 Å². The number of thioether (sulfide) groups is 1. The van der Waals surface area contributed by atoms with Crippen molar-refractivity contribution in [2.75, 3.05) is 5.32 Å². The maximum atomic E-state index is 10.9. The zero-order valence-electron chi connectivity index (χ0n) is 10.6. The molecule has 0 atom stereocenters. The van der Waals surface area contributed by atoms with Crippen LogP contribution in [0.3, 0.4) is 0 Å². The summed E-state index contributed by atoms with van der Waals surface area (Å²) in [6.45, 7) is 1.51. The molecule has 0 spiro atoms. The van der Waals surface area contributed by atoms with Crippen molar-refractivity contribution >= 4 is 23.4 Å². The van der Waals surface area contributed by atoms with Crippen molar-refractivity contribution in [3.63, 3.8) is 0 Å². The van der Waals surface area contributed by atoms with E-state index >= 15 is 0 Å². The van der Waals surface area contributed by atoms with E-state index in [1.165, 1.54) is 11.8 Å². The third-order valence-electron chi connectivity index (χ3n) is 3.12. The molecule has 0 bridgehead atoms. The van der Waals surface area contributed by atoms with Crippen LogP contribution in [-0.2, 0) is 4.79 Å². The van der Waals surface area contributed by atoms with Gasteiger partial charge in [0.2, 0.25) is 5.91 Å². The first kappa shape index (κ1) is 13.4. The number of carbonyl (C=O) groups is 1. The highest BCUT2D eigenvalue weighted by atomic mass is 32.2. The highest BCUT2D eigenvalue weighted by molar-refractivity contribution is 8.00. The van der Waals surface area contributed by atoms with Gasteiger partial charge in [-0.2, -0.15) is 0 Å². The van der Waals surface area contributed by atoms with E-state index in [4.69, 9.17) is 0 Å². The van der Waals surface area contributed by atoms with E-state index in [-0.39, 0.29) is 12.0 Å². The van der Waals surface area contributed by atoms with Crippen LogP contribution in [-0.4, -0.2) is 22.4 Å². The lowest BCUT2D eigenvalue weighted by molar-refractivity contribution is -0.114. The molecule has 2 rings (SSSR count). The first-order chi connectivity index (χ1) is 8.63. The van der Waals surface area contributed by atoms with Crippen molar-refractivity contribution in [3.05, 3.63) is 24.3 Å². The maximum Gasteiger partial charge on any atom is 0.221 e. The molecule has 1 aliphatic rings. The highest BCUT2D eigenvalue weighted by Gasteiger charge is 2.19. The summed E-state index contributed by atoms with van der Waals surface area (Å²) in [5.74, 6) is -0.0447. The Kier molecular flexibility index (Phi) is 4.66. The van der Waals surface area contributed by atoms with Gasteiger partial charge < -0.3 is 10.4 Å². The van der Waals surface area contributed by atoms with Gasteiger partial charge in [0.15, 0.2) is 0 Å². The second kappa shape index (κ2) is 6.25. The Morgan fingerprint density at radius 3 is 2.39 bits per heavy atom. The van der Waals surface area contributed by atoms with Crippen molar-refractivity contribution in [2.24, 2.45) is 0 Å². The first-order valence-corrected chi connectivity index (χ1v) is 7.24. The number of aliphatic hydroxyl groups excluding tert-OH is 1. The minimum absolute atomic E-state index is 0.0447. The minimum atomic E-state index is -0.0935. The predicted molar refractivity (Wildman–Crippen MR) is 74.9 cm³/mol. The lowest BCUT2D eigenvalue weighted by Gasteiger charge is -2.24. The number of amides is 1. The summed E-state index contributed by atoms with van der Waals surface area (Å²) in [6.07, 6.45) is 3.91. The molecule has 3 nitrogen and oxygen atoms in total. The van der Waals surface area contributed by atoms with Crippen molar-refractivity contribution in [1.29, 1.82) is 0 Å². The van der Waals surface area contributed by atoms with Gasteiger partial charge >= 0.3 is 0 Å². The molecule has 0 aliphatic heterocycles. The van der Waals surface area contributed by atoms with Gasteiger partial charge in [-0.05, 0) is 49.9 Å². The molecule has 1 aromatic rings. The van der Waals surface area contributed by atoms with Crippen molar-refractivity contribution in [1.82, 2.24) is 0 Å². The molecule has 1 aromatic carbocycles. The smallest absolute Gasteiger partial charge is 0.221 e. The Morgan fingerprint density at radius 1 is 1.22 bits per heavy atom. The summed E-state index contributed by atoms with van der Waals surface area (Å²) in [5.41, 5.74) is 0.839. The summed E-state index contributed by atoms with van der Waals surface area (Å²) in [4.78, 5) is 12.1. The van der Waals surface area contributed by atoms with Gasteiger partial charge in [-0.15, -0.1) is 11.8 Å². The monoisotopic (exact) mass is 265 g/mol. The SMILES string of the molecule is CC(=O)Nc1ccc(SC2CCC(O)CC2)cc1. The number of rotatable bonds is 3. The number of aliphatic hydroxyl groups is 1. The molecule has 98 valence electrons. The molecule has 0 saturated heterocycles. The number of hydrogen-bond acceptors (Lipinski definition) is 3. The average molecular weight is 265 g/mol. The van der Waals surface area contributed by atoms with Gasteiger partial charge in [0.05, 0.1) is 6.10 Å². The summed E-state index contributed by atoms with van der Waals surface area (Å²) in [6, 6.07) is 7.95. The van der Waals surface area contributed by atoms with E-state index in [0.29, 0.717) is 5.25 Å². The van der Waals surface area contributed by atoms with E-state index in [0.717, 1.165) is 31.4 Å². The summed E-state index contributed by atoms with van der Waals surface area (Å²) < 4.78 is 0. The molecular formula is C14H19NO2S. The third kappa shape index (κ3) is 4.03. The fourth-order valence-corrected chi connectivity index (χ4v) is 3.36. The molecule has 0 radical (unpaired) electrons. The standard InChI is InChI=1S/C14H19NO2S/c1-10(16)15-11-2-6-13(7-3-11)18-14-8-4-12(17)5-9-14/h2-3,6-7,12,14,17H,4-5,8-9H2,1H3,(H,15,16). The summed E-state index contributed by atoms with van der Waals surface area (Å²) >= 11 is 1.87. The zero-order chi connectivity index (χ0) is 13.0. The highest BCUT2D eigenvalue weighted by Crippen LogP contribution is 2.34. The van der Waals surface area contributed by atoms with Crippen LogP contribution in [0.5, 0.6) is 0 Å². The second-order valence-electron chi connectivity index (χ2n) is 4.75. The molecule has 2 N–H and O–H groups in total. The van der Waals surface area contributed by atoms with Gasteiger partial charge in [0.1, 0.15) is 0 Å². The molecule has 1 amide bonds. The number of hydrogen-bond donors (Lipinski definition) is 2. The third-order valence-corrected chi connectivity index (χ3v) is 4.47. The maximum absolute atomic E-state index is 10.9. The lowest BCUT2D eigenvalue weighted by Crippen LogP contribution is -2.19. The van der Waals surface area contributed by atoms with E-state index < -0.39 is 0 Å². The van der Waals surface area contributed by atoms with Crippen LogP contribution in [0, 0.1) is 0 Å². The van der Waals surface area contributed by atoms with Gasteiger partial charge in [-0.25, -0.2) is 0 Å². The minimum Gasteiger partial charge on any atom is -0.393 e. The zero-order valence-corrected chi connectivity index (χ0v) is 11.4. The van der Waals surface area contributed by atoms with Gasteiger partial charge in [-0.1, -0.05) is 0 Å². The Morgan fingerprint density at radius 2 is 1.83 bits per heavy atom. The Labute approximate surface area is 112 Å². The molecule has 1 saturated carbocycles. The summed E-state index contributed by atoms with van der Waals surface area (Å²) in [5, 5.41) is 12.8. The molecular weight excluding hydrogens is 246 g/mol. The van der Waals surface area contributed by atoms with Gasteiger partial charge in [-0.3, -0.25) is 4.79 Å². The van der Waals surface area contributed by atoms with E-state index in [1.807, 2.05) is 36.0 Å². The Hall–Kier alpha value is -1.00. The van der Waals surface area contributed by atoms with Crippen LogP contribution in [0.4, 0.5) is 5.69 Å². The lowest BCUT2D eigenvalue weighted by atomic mass is 9.97. The molecule has 0 unspecified atom stereocenters. The molecule has 0 heterocycles. The molecule has 4 heteroatoms. The van der Waals surface area contributed by atoms with Crippen LogP contribution in [0.15, 0.2) is 29.2 Å². The van der Waals surface area contributed by atoms with E-state index in [2.05, 4.69) is 5.32 Å². The topological polar surface area (TPSA) is 49.3 Å². The van der Waals surface area contributed by atoms with Crippen molar-refractivity contribution in [2.45, 2.75) is 48.9 Å². The van der Waals surface area contributed by atoms with Crippen LogP contribution >= 0.6 is 11.8 Å². The van der Waals surface area contributed by atoms with Crippen LogP contribution in [0.2, 0.25) is 0 Å². The predicted octanol–water partition coefficient (Wildman–Crippen LogP) is 3.04. The van der Waals surface area contributed by atoms with Crippen molar-refractivity contribution < 1.29 is 9.90 Å². The van der Waals surface area contributed by atoms with E-state index in [1.54, 1.807) is 0 Å². The van der Waals surface area contributed by atoms with Crippen LogP contribution in [0.1, 0.15) is 32.6 Å². The fourth-order valence-electron chi connectivity index (χ4n) is 2.18. The molecule has 18 heavy (non-hydrogen) atoms. The van der Waals surface area contributed by atoms with Gasteiger partial charge in [0, 0.05) is 22.8 Å². The number of benzene rings is 1. The quantitative estimate of drug-likeness (QED) is 0.883. The summed E-state index contributed by atoms with van der Waals surface area (Å²) in [7, 11) is 0. The fraction of sp³-hybridized carbons (Fsp3) is 0.500. The number of anilines is 1. The largest absolute Gasteiger partial charge is 0.393 e. The van der Waals surface area contributed by atoms with E-state index in [9.17, 15) is 9.90 Å². The molecule has 1 aliphatic carbocycles. The first-order valence-electron chi connectivity index (χ1n) is 6.36. The number of carbonyl (C=O) groups excluding carboxylic acids is 1. The second-order valence-corrected chi connectivity index (χ2v) is 6.13. The average Bonchev–Trinajstić information content (AvgIpc) is 2.34. The normalized spacial score (nSPS) is 23.7. The Bertz CT molecular complexity index is 397.